The highest BCUT2D eigenvalue weighted by Crippen LogP contribution is 2.34. The summed E-state index contributed by atoms with van der Waals surface area (Å²) in [6.07, 6.45) is 6.34. The van der Waals surface area contributed by atoms with E-state index in [1.165, 1.54) is 12.1 Å². The Morgan fingerprint density at radius 1 is 1.29 bits per heavy atom. The average Bonchev–Trinajstić information content (AvgIpc) is 3.44. The van der Waals surface area contributed by atoms with Crippen molar-refractivity contribution in [3.05, 3.63) is 54.1 Å². The van der Waals surface area contributed by atoms with Crippen LogP contribution in [0.25, 0.3) is 22.4 Å². The van der Waals surface area contributed by atoms with Gasteiger partial charge in [0.25, 0.3) is 0 Å². The van der Waals surface area contributed by atoms with Gasteiger partial charge in [0.1, 0.15) is 23.4 Å². The summed E-state index contributed by atoms with van der Waals surface area (Å²) >= 11 is 0. The lowest BCUT2D eigenvalue weighted by Gasteiger charge is -2.07. The normalized spacial score (nSPS) is 13.3. The Morgan fingerprint density at radius 3 is 2.81 bits per heavy atom. The lowest BCUT2D eigenvalue weighted by molar-refractivity contribution is -0.116. The highest BCUT2D eigenvalue weighted by atomic mass is 19.1. The van der Waals surface area contributed by atoms with Crippen molar-refractivity contribution in [1.29, 1.82) is 5.26 Å². The van der Waals surface area contributed by atoms with E-state index in [0.29, 0.717) is 35.3 Å². The quantitative estimate of drug-likeness (QED) is 0.585. The predicted molar refractivity (Wildman–Crippen MR) is 116 cm³/mol. The number of nitrogens with one attached hydrogen (secondary N) is 1. The molecule has 1 aliphatic carbocycles. The van der Waals surface area contributed by atoms with Crippen LogP contribution in [0.15, 0.2) is 42.7 Å². The summed E-state index contributed by atoms with van der Waals surface area (Å²) in [7, 11) is 0. The van der Waals surface area contributed by atoms with Crippen LogP contribution in [0.3, 0.4) is 0 Å². The highest BCUT2D eigenvalue weighted by molar-refractivity contribution is 5.91. The number of aromatic nitrogens is 3. The van der Waals surface area contributed by atoms with E-state index < -0.39 is 5.82 Å². The molecule has 0 unspecified atom stereocenters. The lowest BCUT2D eigenvalue weighted by atomic mass is 10.0. The molecule has 0 radical (unpaired) electrons. The fraction of sp³-hybridized carbons (Fsp3) is 0.333. The maximum absolute atomic E-state index is 13.9. The third kappa shape index (κ3) is 4.97. The molecule has 158 valence electrons. The van der Waals surface area contributed by atoms with Crippen molar-refractivity contribution in [3.63, 3.8) is 0 Å². The number of pyridine rings is 1. The number of nitrogens with zero attached hydrogens (tertiary/aromatic N) is 4. The van der Waals surface area contributed by atoms with E-state index in [1.807, 2.05) is 29.1 Å². The summed E-state index contributed by atoms with van der Waals surface area (Å²) in [6, 6.07) is 9.99. The molecular weight excluding hydrogens is 393 g/mol. The van der Waals surface area contributed by atoms with Crippen LogP contribution in [0.2, 0.25) is 0 Å². The van der Waals surface area contributed by atoms with Crippen LogP contribution in [-0.4, -0.2) is 20.7 Å². The molecule has 6 nitrogen and oxygen atoms in total. The van der Waals surface area contributed by atoms with Crippen LogP contribution in [0, 0.1) is 29.0 Å². The van der Waals surface area contributed by atoms with E-state index in [2.05, 4.69) is 24.1 Å². The Kier molecular flexibility index (Phi) is 5.81. The third-order valence-electron chi connectivity index (χ3n) is 5.18. The molecule has 31 heavy (non-hydrogen) atoms. The van der Waals surface area contributed by atoms with Gasteiger partial charge in [-0.25, -0.2) is 9.37 Å². The first-order valence-corrected chi connectivity index (χ1v) is 10.5. The number of halogens is 1. The van der Waals surface area contributed by atoms with Crippen LogP contribution in [0.4, 0.5) is 10.2 Å². The molecule has 0 saturated heterocycles. The van der Waals surface area contributed by atoms with E-state index in [0.717, 1.165) is 30.5 Å². The molecule has 1 N–H and O–H groups in total. The van der Waals surface area contributed by atoms with E-state index in [4.69, 9.17) is 5.10 Å². The topological polar surface area (TPSA) is 83.6 Å². The van der Waals surface area contributed by atoms with Gasteiger partial charge in [0, 0.05) is 36.5 Å². The molecule has 0 spiro atoms. The molecule has 1 aliphatic rings. The van der Waals surface area contributed by atoms with Gasteiger partial charge in [-0.3, -0.25) is 9.48 Å². The maximum atomic E-state index is 13.9. The molecular formula is C24H24FN5O. The van der Waals surface area contributed by atoms with Crippen molar-refractivity contribution in [2.24, 2.45) is 11.8 Å². The van der Waals surface area contributed by atoms with Crippen LogP contribution in [0.5, 0.6) is 0 Å². The number of rotatable bonds is 7. The van der Waals surface area contributed by atoms with Crippen molar-refractivity contribution in [1.82, 2.24) is 14.8 Å². The summed E-state index contributed by atoms with van der Waals surface area (Å²) in [6.45, 7) is 4.93. The van der Waals surface area contributed by atoms with Crippen molar-refractivity contribution in [2.75, 3.05) is 5.32 Å². The summed E-state index contributed by atoms with van der Waals surface area (Å²) in [5.41, 5.74) is 2.95. The Morgan fingerprint density at radius 2 is 2.10 bits per heavy atom. The number of nitriles is 1. The molecule has 7 heteroatoms. The Bertz CT molecular complexity index is 1160. The number of anilines is 1. The zero-order valence-electron chi connectivity index (χ0n) is 17.6. The molecule has 3 aromatic rings. The van der Waals surface area contributed by atoms with Crippen LogP contribution in [-0.2, 0) is 11.3 Å². The zero-order chi connectivity index (χ0) is 22.0. The molecule has 1 aromatic carbocycles. The fourth-order valence-corrected chi connectivity index (χ4v) is 3.52. The molecule has 0 bridgehead atoms. The molecule has 1 saturated carbocycles. The van der Waals surface area contributed by atoms with E-state index in [-0.39, 0.29) is 11.5 Å². The van der Waals surface area contributed by atoms with Gasteiger partial charge in [-0.15, -0.1) is 0 Å². The molecule has 0 aliphatic heterocycles. The van der Waals surface area contributed by atoms with Gasteiger partial charge in [-0.2, -0.15) is 10.4 Å². The second kappa shape index (κ2) is 8.68. The Balaban J connectivity index is 1.71. The molecule has 2 aromatic heterocycles. The van der Waals surface area contributed by atoms with Crippen molar-refractivity contribution in [3.8, 4) is 28.5 Å². The SMILES string of the molecule is CC(C)Cn1cc(-c2ccnc(NC(=O)CC3CC3)c2)c(-c2ccc(F)c(C#N)c2)n1. The number of hydrogen-bond acceptors (Lipinski definition) is 4. The Hall–Kier alpha value is -3.53. The summed E-state index contributed by atoms with van der Waals surface area (Å²) in [4.78, 5) is 16.5. The number of benzene rings is 1. The average molecular weight is 417 g/mol. The monoisotopic (exact) mass is 417 g/mol. The molecule has 1 amide bonds. The van der Waals surface area contributed by atoms with Crippen molar-refractivity contribution >= 4 is 11.7 Å². The van der Waals surface area contributed by atoms with Gasteiger partial charge < -0.3 is 5.32 Å². The largest absolute Gasteiger partial charge is 0.311 e. The second-order valence-electron chi connectivity index (χ2n) is 8.44. The minimum atomic E-state index is -0.556. The first kappa shape index (κ1) is 20.7. The summed E-state index contributed by atoms with van der Waals surface area (Å²) in [5.74, 6) is 0.789. The zero-order valence-corrected chi connectivity index (χ0v) is 17.6. The summed E-state index contributed by atoms with van der Waals surface area (Å²) < 4.78 is 15.7. The number of amides is 1. The van der Waals surface area contributed by atoms with Crippen LogP contribution in [0.1, 0.15) is 38.7 Å². The smallest absolute Gasteiger partial charge is 0.225 e. The number of carbonyl (C=O) groups is 1. The van der Waals surface area contributed by atoms with Gasteiger partial charge in [-0.1, -0.05) is 13.8 Å². The highest BCUT2D eigenvalue weighted by Gasteiger charge is 2.24. The number of carbonyl (C=O) groups excluding carboxylic acids is 1. The second-order valence-corrected chi connectivity index (χ2v) is 8.44. The summed E-state index contributed by atoms with van der Waals surface area (Å²) in [5, 5.41) is 16.8. The molecule has 1 fully saturated rings. The van der Waals surface area contributed by atoms with E-state index in [9.17, 15) is 14.4 Å². The fourth-order valence-electron chi connectivity index (χ4n) is 3.52. The number of hydrogen-bond donors (Lipinski definition) is 1. The van der Waals surface area contributed by atoms with Gasteiger partial charge >= 0.3 is 0 Å². The first-order chi connectivity index (χ1) is 14.9. The van der Waals surface area contributed by atoms with Crippen LogP contribution >= 0.6 is 0 Å². The first-order valence-electron chi connectivity index (χ1n) is 10.5. The molecule has 0 atom stereocenters. The van der Waals surface area contributed by atoms with Crippen LogP contribution < -0.4 is 5.32 Å². The maximum Gasteiger partial charge on any atom is 0.225 e. The van der Waals surface area contributed by atoms with Crippen molar-refractivity contribution < 1.29 is 9.18 Å². The lowest BCUT2D eigenvalue weighted by Crippen LogP contribution is -2.12. The Labute approximate surface area is 180 Å². The van der Waals surface area contributed by atoms with Gasteiger partial charge in [0.05, 0.1) is 5.56 Å². The van der Waals surface area contributed by atoms with Gasteiger partial charge in [0.15, 0.2) is 0 Å². The van der Waals surface area contributed by atoms with E-state index in [1.54, 1.807) is 12.3 Å². The van der Waals surface area contributed by atoms with E-state index >= 15 is 0 Å². The molecule has 4 rings (SSSR count). The minimum absolute atomic E-state index is 0.0235. The van der Waals surface area contributed by atoms with Gasteiger partial charge in [-0.05, 0) is 60.6 Å². The van der Waals surface area contributed by atoms with Gasteiger partial charge in [0.2, 0.25) is 5.91 Å². The van der Waals surface area contributed by atoms with Crippen molar-refractivity contribution in [2.45, 2.75) is 39.7 Å². The standard InChI is InChI=1S/C24H24FN5O/c1-15(2)13-30-14-20(24(29-30)18-5-6-21(25)19(10-18)12-26)17-7-8-27-22(11-17)28-23(31)9-16-3-4-16/h5-8,10-11,14-16H,3-4,9,13H2,1-2H3,(H,27,28,31). The third-order valence-corrected chi connectivity index (χ3v) is 5.18. The predicted octanol–water partition coefficient (Wildman–Crippen LogP) is 5.02. The molecule has 2 heterocycles. The minimum Gasteiger partial charge on any atom is -0.311 e.